The minimum absolute atomic E-state index is 0.0922. The third-order valence-corrected chi connectivity index (χ3v) is 4.90. The SMILES string of the molecule is Cc1nn(C)c(C)c1C(C)C(=O)N1CC(C(=O)O)c2ccccc21. The highest BCUT2D eigenvalue weighted by Gasteiger charge is 2.38. The Labute approximate surface area is 140 Å². The molecule has 0 spiro atoms. The summed E-state index contributed by atoms with van der Waals surface area (Å²) in [7, 11) is 1.86. The Morgan fingerprint density at radius 1 is 1.29 bits per heavy atom. The Bertz CT molecular complexity index is 825. The van der Waals surface area contributed by atoms with Gasteiger partial charge < -0.3 is 10.0 Å². The molecule has 1 aromatic carbocycles. The summed E-state index contributed by atoms with van der Waals surface area (Å²) in [4.78, 5) is 26.2. The Morgan fingerprint density at radius 2 is 1.96 bits per heavy atom. The van der Waals surface area contributed by atoms with Crippen LogP contribution in [0.2, 0.25) is 0 Å². The quantitative estimate of drug-likeness (QED) is 0.939. The molecule has 24 heavy (non-hydrogen) atoms. The van der Waals surface area contributed by atoms with Gasteiger partial charge in [0.2, 0.25) is 5.91 Å². The van der Waals surface area contributed by atoms with Crippen LogP contribution in [0, 0.1) is 13.8 Å². The van der Waals surface area contributed by atoms with Crippen molar-refractivity contribution >= 4 is 17.6 Å². The second-order valence-corrected chi connectivity index (χ2v) is 6.33. The molecule has 1 amide bonds. The third-order valence-electron chi connectivity index (χ3n) is 4.90. The van der Waals surface area contributed by atoms with E-state index in [0.29, 0.717) is 11.3 Å². The maximum Gasteiger partial charge on any atom is 0.312 e. The number of carboxylic acid groups (broad SMARTS) is 1. The smallest absolute Gasteiger partial charge is 0.312 e. The summed E-state index contributed by atoms with van der Waals surface area (Å²) in [6.45, 7) is 5.87. The molecule has 3 rings (SSSR count). The minimum Gasteiger partial charge on any atom is -0.481 e. The number of fused-ring (bicyclic) bond motifs is 1. The number of aromatic nitrogens is 2. The fourth-order valence-corrected chi connectivity index (χ4v) is 3.60. The Morgan fingerprint density at radius 3 is 2.54 bits per heavy atom. The fourth-order valence-electron chi connectivity index (χ4n) is 3.60. The molecule has 6 heteroatoms. The molecule has 2 unspecified atom stereocenters. The lowest BCUT2D eigenvalue weighted by Gasteiger charge is -2.22. The first kappa shape index (κ1) is 16.2. The van der Waals surface area contributed by atoms with Gasteiger partial charge in [-0.3, -0.25) is 14.3 Å². The first-order valence-corrected chi connectivity index (χ1v) is 7.96. The molecule has 0 bridgehead atoms. The summed E-state index contributed by atoms with van der Waals surface area (Å²) >= 11 is 0. The molecule has 0 saturated heterocycles. The van der Waals surface area contributed by atoms with Crippen molar-refractivity contribution in [1.82, 2.24) is 9.78 Å². The van der Waals surface area contributed by atoms with Crippen molar-refractivity contribution in [2.75, 3.05) is 11.4 Å². The fraction of sp³-hybridized carbons (Fsp3) is 0.389. The van der Waals surface area contributed by atoms with E-state index in [9.17, 15) is 14.7 Å². The normalized spacial score (nSPS) is 17.7. The van der Waals surface area contributed by atoms with Crippen LogP contribution in [-0.2, 0) is 16.6 Å². The van der Waals surface area contributed by atoms with Crippen molar-refractivity contribution in [2.24, 2.45) is 7.05 Å². The van der Waals surface area contributed by atoms with Gasteiger partial charge >= 0.3 is 5.97 Å². The van der Waals surface area contributed by atoms with Gasteiger partial charge in [0.05, 0.1) is 11.6 Å². The van der Waals surface area contributed by atoms with E-state index in [2.05, 4.69) is 5.10 Å². The van der Waals surface area contributed by atoms with Crippen LogP contribution in [0.15, 0.2) is 24.3 Å². The van der Waals surface area contributed by atoms with Gasteiger partial charge in [0.25, 0.3) is 0 Å². The first-order chi connectivity index (χ1) is 11.3. The molecule has 0 saturated carbocycles. The Hall–Kier alpha value is -2.63. The van der Waals surface area contributed by atoms with Gasteiger partial charge in [0.1, 0.15) is 5.92 Å². The summed E-state index contributed by atoms with van der Waals surface area (Å²) in [5, 5.41) is 13.8. The average molecular weight is 327 g/mol. The van der Waals surface area contributed by atoms with Crippen LogP contribution in [0.1, 0.15) is 41.3 Å². The lowest BCUT2D eigenvalue weighted by atomic mass is 9.97. The van der Waals surface area contributed by atoms with Gasteiger partial charge in [0.15, 0.2) is 0 Å². The predicted octanol–water partition coefficient (Wildman–Crippen LogP) is 2.36. The van der Waals surface area contributed by atoms with Crippen molar-refractivity contribution in [3.8, 4) is 0 Å². The van der Waals surface area contributed by atoms with Gasteiger partial charge in [0, 0.05) is 30.5 Å². The zero-order chi connectivity index (χ0) is 17.6. The molecule has 0 radical (unpaired) electrons. The molecule has 126 valence electrons. The van der Waals surface area contributed by atoms with E-state index >= 15 is 0 Å². The number of amides is 1. The molecule has 1 aromatic heterocycles. The van der Waals surface area contributed by atoms with Gasteiger partial charge in [-0.2, -0.15) is 5.10 Å². The zero-order valence-corrected chi connectivity index (χ0v) is 14.3. The van der Waals surface area contributed by atoms with Crippen LogP contribution in [0.3, 0.4) is 0 Å². The lowest BCUT2D eigenvalue weighted by Crippen LogP contribution is -2.34. The molecule has 0 fully saturated rings. The van der Waals surface area contributed by atoms with E-state index in [4.69, 9.17) is 0 Å². The largest absolute Gasteiger partial charge is 0.481 e. The summed E-state index contributed by atoms with van der Waals surface area (Å²) in [5.41, 5.74) is 4.10. The summed E-state index contributed by atoms with van der Waals surface area (Å²) in [5.74, 6) is -2.04. The monoisotopic (exact) mass is 327 g/mol. The maximum atomic E-state index is 13.1. The Balaban J connectivity index is 1.97. The molecule has 0 aliphatic carbocycles. The van der Waals surface area contributed by atoms with Crippen molar-refractivity contribution in [3.05, 3.63) is 46.8 Å². The van der Waals surface area contributed by atoms with E-state index in [-0.39, 0.29) is 18.4 Å². The standard InChI is InChI=1S/C18H21N3O3/c1-10(16-11(2)19-20(4)12(16)3)17(22)21-9-14(18(23)24)13-7-5-6-8-15(13)21/h5-8,10,14H,9H2,1-4H3,(H,23,24). The number of hydrogen-bond donors (Lipinski definition) is 1. The number of rotatable bonds is 3. The number of benzene rings is 1. The van der Waals surface area contributed by atoms with Crippen LogP contribution in [0.5, 0.6) is 0 Å². The molecule has 2 aromatic rings. The van der Waals surface area contributed by atoms with E-state index in [0.717, 1.165) is 17.0 Å². The van der Waals surface area contributed by atoms with E-state index in [1.165, 1.54) is 0 Å². The van der Waals surface area contributed by atoms with Crippen molar-refractivity contribution in [1.29, 1.82) is 0 Å². The number of aliphatic carboxylic acids is 1. The number of nitrogens with zero attached hydrogens (tertiary/aromatic N) is 3. The molecular weight excluding hydrogens is 306 g/mol. The van der Waals surface area contributed by atoms with E-state index in [1.807, 2.05) is 46.0 Å². The molecule has 1 N–H and O–H groups in total. The highest BCUT2D eigenvalue weighted by atomic mass is 16.4. The number of aryl methyl sites for hydroxylation is 2. The molecular formula is C18H21N3O3. The van der Waals surface area contributed by atoms with Crippen LogP contribution in [0.4, 0.5) is 5.69 Å². The zero-order valence-electron chi connectivity index (χ0n) is 14.3. The van der Waals surface area contributed by atoms with Gasteiger partial charge in [-0.05, 0) is 32.4 Å². The molecule has 6 nitrogen and oxygen atoms in total. The highest BCUT2D eigenvalue weighted by molar-refractivity contribution is 6.02. The van der Waals surface area contributed by atoms with Crippen molar-refractivity contribution in [3.63, 3.8) is 0 Å². The topological polar surface area (TPSA) is 75.4 Å². The van der Waals surface area contributed by atoms with Crippen molar-refractivity contribution < 1.29 is 14.7 Å². The maximum absolute atomic E-state index is 13.1. The summed E-state index contributed by atoms with van der Waals surface area (Å²) in [6.07, 6.45) is 0. The van der Waals surface area contributed by atoms with Gasteiger partial charge in [-0.1, -0.05) is 18.2 Å². The van der Waals surface area contributed by atoms with Crippen molar-refractivity contribution in [2.45, 2.75) is 32.6 Å². The van der Waals surface area contributed by atoms with Gasteiger partial charge in [-0.25, -0.2) is 0 Å². The second kappa shape index (κ2) is 5.78. The van der Waals surface area contributed by atoms with E-state index < -0.39 is 11.9 Å². The second-order valence-electron chi connectivity index (χ2n) is 6.33. The van der Waals surface area contributed by atoms with Crippen LogP contribution in [0.25, 0.3) is 0 Å². The number of hydrogen-bond acceptors (Lipinski definition) is 3. The molecule has 2 atom stereocenters. The number of para-hydroxylation sites is 1. The van der Waals surface area contributed by atoms with Crippen LogP contribution in [-0.4, -0.2) is 33.3 Å². The number of carbonyl (C=O) groups is 2. The number of anilines is 1. The first-order valence-electron chi connectivity index (χ1n) is 7.96. The van der Waals surface area contributed by atoms with Crippen LogP contribution >= 0.6 is 0 Å². The molecule has 1 aliphatic heterocycles. The van der Waals surface area contributed by atoms with Crippen LogP contribution < -0.4 is 4.90 Å². The number of carbonyl (C=O) groups excluding carboxylic acids is 1. The van der Waals surface area contributed by atoms with E-state index in [1.54, 1.807) is 15.6 Å². The molecule has 2 heterocycles. The third kappa shape index (κ3) is 2.38. The average Bonchev–Trinajstić information content (AvgIpc) is 3.04. The Kier molecular flexibility index (Phi) is 3.91. The summed E-state index contributed by atoms with van der Waals surface area (Å²) in [6, 6.07) is 7.23. The predicted molar refractivity (Wildman–Crippen MR) is 90.3 cm³/mol. The lowest BCUT2D eigenvalue weighted by molar-refractivity contribution is -0.138. The highest BCUT2D eigenvalue weighted by Crippen LogP contribution is 2.38. The summed E-state index contributed by atoms with van der Waals surface area (Å²) < 4.78 is 1.77. The minimum atomic E-state index is -0.904. The molecule has 1 aliphatic rings. The number of carboxylic acids is 1. The van der Waals surface area contributed by atoms with Gasteiger partial charge in [-0.15, -0.1) is 0 Å².